The number of hydrogen-bond donors (Lipinski definition) is 3. The van der Waals surface area contributed by atoms with Gasteiger partial charge in [0.05, 0.1) is 24.9 Å². The maximum Gasteiger partial charge on any atom is 0.243 e. The number of carbonyl (C=O) groups excluding carboxylic acids is 2. The van der Waals surface area contributed by atoms with Crippen LogP contribution in [0.1, 0.15) is 38.7 Å². The minimum absolute atomic E-state index is 0.00542. The Kier molecular flexibility index (Phi) is 11.9. The molecule has 10 heteroatoms. The van der Waals surface area contributed by atoms with E-state index in [1.165, 1.54) is 4.31 Å². The summed E-state index contributed by atoms with van der Waals surface area (Å²) >= 11 is 0. The molecule has 3 N–H and O–H groups in total. The Labute approximate surface area is 215 Å². The zero-order valence-corrected chi connectivity index (χ0v) is 22.3. The lowest BCUT2D eigenvalue weighted by atomic mass is 10.00. The maximum absolute atomic E-state index is 13.2. The predicted molar refractivity (Wildman–Crippen MR) is 140 cm³/mol. The van der Waals surface area contributed by atoms with Gasteiger partial charge < -0.3 is 15.7 Å². The largest absolute Gasteiger partial charge is 0.390 e. The van der Waals surface area contributed by atoms with E-state index in [0.717, 1.165) is 37.8 Å². The average Bonchev–Trinajstić information content (AvgIpc) is 3.30. The Bertz CT molecular complexity index is 987. The van der Waals surface area contributed by atoms with E-state index >= 15 is 0 Å². The molecule has 1 fully saturated rings. The van der Waals surface area contributed by atoms with E-state index in [-0.39, 0.29) is 44.3 Å². The van der Waals surface area contributed by atoms with Crippen molar-refractivity contribution in [2.75, 3.05) is 39.0 Å². The molecule has 1 aromatic rings. The molecule has 0 saturated carbocycles. The molecular weight excluding hydrogens is 480 g/mol. The molecule has 200 valence electrons. The van der Waals surface area contributed by atoms with Crippen molar-refractivity contribution in [3.8, 4) is 12.3 Å². The fourth-order valence-electron chi connectivity index (χ4n) is 4.23. The van der Waals surface area contributed by atoms with Gasteiger partial charge in [-0.15, -0.1) is 12.3 Å². The van der Waals surface area contributed by atoms with Gasteiger partial charge in [-0.3, -0.25) is 14.5 Å². The maximum atomic E-state index is 13.2. The Morgan fingerprint density at radius 1 is 1.14 bits per heavy atom. The second kappa shape index (κ2) is 14.3. The summed E-state index contributed by atoms with van der Waals surface area (Å²) in [6, 6.07) is 7.53. The first kappa shape index (κ1) is 29.8. The zero-order valence-electron chi connectivity index (χ0n) is 21.5. The van der Waals surface area contributed by atoms with Crippen molar-refractivity contribution in [2.24, 2.45) is 5.92 Å². The third-order valence-corrected chi connectivity index (χ3v) is 7.29. The van der Waals surface area contributed by atoms with Crippen molar-refractivity contribution >= 4 is 21.8 Å². The molecule has 1 aromatic carbocycles. The molecule has 9 nitrogen and oxygen atoms in total. The SMILES string of the molecule is C#CCC(NC(=O)CN1CCCC1)C(=O)NC(Cc1ccccc1)C(O)CN(CC(C)C)S(C)(=O)=O. The number of amides is 2. The number of benzene rings is 1. The molecule has 2 amide bonds. The standard InChI is InChI=1S/C26H40N4O5S/c1-5-11-22(27-25(32)19-29-14-9-10-15-29)26(33)28-23(16-21-12-7-6-8-13-21)24(31)18-30(17-20(2)3)36(4,34)35/h1,6-8,12-13,20,22-24,31H,9-11,14-19H2,2-4H3,(H,27,32)(H,28,33). The molecular formula is C26H40N4O5S. The Morgan fingerprint density at radius 2 is 1.78 bits per heavy atom. The minimum Gasteiger partial charge on any atom is -0.390 e. The fraction of sp³-hybridized carbons (Fsp3) is 0.615. The molecule has 1 heterocycles. The van der Waals surface area contributed by atoms with Crippen LogP contribution in [0, 0.1) is 18.3 Å². The van der Waals surface area contributed by atoms with Crippen molar-refractivity contribution < 1.29 is 23.1 Å². The lowest BCUT2D eigenvalue weighted by Gasteiger charge is -2.31. The number of likely N-dealkylation sites (tertiary alicyclic amines) is 1. The predicted octanol–water partition coefficient (Wildman–Crippen LogP) is 0.596. The summed E-state index contributed by atoms with van der Waals surface area (Å²) in [7, 11) is -3.57. The number of rotatable bonds is 14. The molecule has 0 aliphatic carbocycles. The summed E-state index contributed by atoms with van der Waals surface area (Å²) < 4.78 is 25.9. The van der Waals surface area contributed by atoms with Gasteiger partial charge in [-0.2, -0.15) is 4.31 Å². The highest BCUT2D eigenvalue weighted by atomic mass is 32.2. The van der Waals surface area contributed by atoms with E-state index in [1.54, 1.807) is 0 Å². The molecule has 3 atom stereocenters. The van der Waals surface area contributed by atoms with E-state index in [1.807, 2.05) is 49.1 Å². The lowest BCUT2D eigenvalue weighted by Crippen LogP contribution is -2.56. The molecule has 1 aliphatic rings. The van der Waals surface area contributed by atoms with E-state index in [9.17, 15) is 23.1 Å². The van der Waals surface area contributed by atoms with Gasteiger partial charge in [0.15, 0.2) is 0 Å². The summed E-state index contributed by atoms with van der Waals surface area (Å²) in [5.74, 6) is 1.69. The number of nitrogens with zero attached hydrogens (tertiary/aromatic N) is 2. The third-order valence-electron chi connectivity index (χ3n) is 6.06. The van der Waals surface area contributed by atoms with Crippen LogP contribution < -0.4 is 10.6 Å². The molecule has 0 bridgehead atoms. The number of nitrogens with one attached hydrogen (secondary N) is 2. The van der Waals surface area contributed by atoms with E-state index in [0.29, 0.717) is 0 Å². The first-order valence-electron chi connectivity index (χ1n) is 12.4. The minimum atomic E-state index is -3.57. The summed E-state index contributed by atoms with van der Waals surface area (Å²) in [4.78, 5) is 27.8. The smallest absolute Gasteiger partial charge is 0.243 e. The Balaban J connectivity index is 2.16. The van der Waals surface area contributed by atoms with Gasteiger partial charge in [-0.25, -0.2) is 8.42 Å². The highest BCUT2D eigenvalue weighted by Gasteiger charge is 2.30. The van der Waals surface area contributed by atoms with Crippen LogP contribution in [-0.4, -0.2) is 91.7 Å². The highest BCUT2D eigenvalue weighted by molar-refractivity contribution is 7.88. The number of terminal acetylenes is 1. The number of sulfonamides is 1. The second-order valence-electron chi connectivity index (χ2n) is 9.86. The molecule has 36 heavy (non-hydrogen) atoms. The summed E-state index contributed by atoms with van der Waals surface area (Å²) in [6.45, 7) is 5.75. The average molecular weight is 521 g/mol. The lowest BCUT2D eigenvalue weighted by molar-refractivity contribution is -0.130. The van der Waals surface area contributed by atoms with E-state index < -0.39 is 34.1 Å². The van der Waals surface area contributed by atoms with Crippen LogP contribution in [0.2, 0.25) is 0 Å². The molecule has 3 unspecified atom stereocenters. The van der Waals surface area contributed by atoms with Crippen molar-refractivity contribution in [1.82, 2.24) is 19.8 Å². The molecule has 0 radical (unpaired) electrons. The summed E-state index contributed by atoms with van der Waals surface area (Å²) in [5, 5.41) is 16.6. The van der Waals surface area contributed by atoms with Gasteiger partial charge in [0, 0.05) is 19.5 Å². The van der Waals surface area contributed by atoms with Crippen LogP contribution in [0.5, 0.6) is 0 Å². The fourth-order valence-corrected chi connectivity index (χ4v) is 5.23. The van der Waals surface area contributed by atoms with Gasteiger partial charge in [-0.05, 0) is 43.8 Å². The quantitative estimate of drug-likeness (QED) is 0.309. The summed E-state index contributed by atoms with van der Waals surface area (Å²) in [6.07, 6.45) is 7.74. The normalized spacial score (nSPS) is 16.9. The molecule has 1 aliphatic heterocycles. The van der Waals surface area contributed by atoms with Crippen LogP contribution in [0.25, 0.3) is 0 Å². The molecule has 1 saturated heterocycles. The Morgan fingerprint density at radius 3 is 2.33 bits per heavy atom. The van der Waals surface area contributed by atoms with Crippen molar-refractivity contribution in [3.63, 3.8) is 0 Å². The van der Waals surface area contributed by atoms with Crippen LogP contribution >= 0.6 is 0 Å². The second-order valence-corrected chi connectivity index (χ2v) is 11.8. The summed E-state index contributed by atoms with van der Waals surface area (Å²) in [5.41, 5.74) is 0.864. The van der Waals surface area contributed by atoms with Crippen LogP contribution in [0.15, 0.2) is 30.3 Å². The van der Waals surface area contributed by atoms with E-state index in [2.05, 4.69) is 16.6 Å². The molecule has 0 aromatic heterocycles. The highest BCUT2D eigenvalue weighted by Crippen LogP contribution is 2.12. The van der Waals surface area contributed by atoms with Crippen LogP contribution in [0.4, 0.5) is 0 Å². The van der Waals surface area contributed by atoms with Crippen molar-refractivity contribution in [3.05, 3.63) is 35.9 Å². The van der Waals surface area contributed by atoms with Gasteiger partial charge in [0.2, 0.25) is 21.8 Å². The van der Waals surface area contributed by atoms with Crippen LogP contribution in [-0.2, 0) is 26.0 Å². The van der Waals surface area contributed by atoms with Gasteiger partial charge in [0.1, 0.15) is 6.04 Å². The van der Waals surface area contributed by atoms with Crippen molar-refractivity contribution in [2.45, 2.75) is 57.7 Å². The number of hydrogen-bond acceptors (Lipinski definition) is 6. The zero-order chi connectivity index (χ0) is 26.7. The van der Waals surface area contributed by atoms with Crippen LogP contribution in [0.3, 0.4) is 0 Å². The topological polar surface area (TPSA) is 119 Å². The molecule has 2 rings (SSSR count). The third kappa shape index (κ3) is 10.3. The molecule has 0 spiro atoms. The van der Waals surface area contributed by atoms with E-state index in [4.69, 9.17) is 6.42 Å². The number of aliphatic hydroxyl groups is 1. The monoisotopic (exact) mass is 520 g/mol. The van der Waals surface area contributed by atoms with Gasteiger partial charge >= 0.3 is 0 Å². The van der Waals surface area contributed by atoms with Gasteiger partial charge in [0.25, 0.3) is 0 Å². The number of carbonyl (C=O) groups is 2. The van der Waals surface area contributed by atoms with Crippen molar-refractivity contribution in [1.29, 1.82) is 0 Å². The Hall–Kier alpha value is -2.45. The first-order chi connectivity index (χ1) is 17.0. The first-order valence-corrected chi connectivity index (χ1v) is 14.3. The van der Waals surface area contributed by atoms with Gasteiger partial charge in [-0.1, -0.05) is 44.2 Å². The number of aliphatic hydroxyl groups excluding tert-OH is 1.